The molecule has 5 N–H and O–H groups in total. The number of aliphatic hydroxyl groups excluding tert-OH is 1. The lowest BCUT2D eigenvalue weighted by Gasteiger charge is -2.26. The van der Waals surface area contributed by atoms with Crippen molar-refractivity contribution in [2.24, 2.45) is 5.73 Å². The summed E-state index contributed by atoms with van der Waals surface area (Å²) in [5.74, 6) is -2.29. The van der Waals surface area contributed by atoms with Crippen LogP contribution in [0.4, 0.5) is 0 Å². The number of aliphatic carboxylic acids is 2. The van der Waals surface area contributed by atoms with Gasteiger partial charge in [0, 0.05) is 0 Å². The number of carboxylic acid groups (broad SMARTS) is 2. The molecule has 8 nitrogen and oxygen atoms in total. The van der Waals surface area contributed by atoms with Crippen molar-refractivity contribution in [3.05, 3.63) is 0 Å². The summed E-state index contributed by atoms with van der Waals surface area (Å²) in [6, 6.07) is -0.954. The smallest absolute Gasteiger partial charge is 0.335 e. The van der Waals surface area contributed by atoms with E-state index in [0.717, 1.165) is 0 Å². The number of ether oxygens (including phenoxy) is 2. The van der Waals surface area contributed by atoms with Crippen molar-refractivity contribution in [1.29, 1.82) is 0 Å². The van der Waals surface area contributed by atoms with Gasteiger partial charge in [-0.05, 0) is 55.4 Å². The SMILES string of the molecule is C[C@@H](OC(C)(C)C)[C@H](N)C(=O)O.C[C@@H](OC(C)(C)C)[C@H](O)C(=O)O. The van der Waals surface area contributed by atoms with Crippen molar-refractivity contribution in [1.82, 2.24) is 0 Å². The summed E-state index contributed by atoms with van der Waals surface area (Å²) < 4.78 is 10.6. The van der Waals surface area contributed by atoms with E-state index in [0.29, 0.717) is 0 Å². The van der Waals surface area contributed by atoms with Crippen LogP contribution < -0.4 is 5.73 Å². The highest BCUT2D eigenvalue weighted by atomic mass is 16.5. The van der Waals surface area contributed by atoms with E-state index >= 15 is 0 Å². The van der Waals surface area contributed by atoms with Gasteiger partial charge in [-0.15, -0.1) is 0 Å². The second-order valence-electron chi connectivity index (χ2n) is 7.52. The van der Waals surface area contributed by atoms with Gasteiger partial charge in [0.25, 0.3) is 0 Å². The highest BCUT2D eigenvalue weighted by Crippen LogP contribution is 2.13. The number of carboxylic acids is 2. The van der Waals surface area contributed by atoms with Crippen LogP contribution in [0.3, 0.4) is 0 Å². The van der Waals surface area contributed by atoms with E-state index in [1.54, 1.807) is 27.7 Å². The van der Waals surface area contributed by atoms with E-state index in [9.17, 15) is 9.59 Å². The van der Waals surface area contributed by atoms with Crippen LogP contribution in [0.25, 0.3) is 0 Å². The van der Waals surface area contributed by atoms with E-state index < -0.39 is 41.9 Å². The van der Waals surface area contributed by atoms with Gasteiger partial charge in [-0.25, -0.2) is 4.79 Å². The summed E-state index contributed by atoms with van der Waals surface area (Å²) in [6.07, 6.45) is -2.62. The number of carbonyl (C=O) groups is 2. The topological polar surface area (TPSA) is 139 Å². The Kier molecular flexibility index (Phi) is 10.4. The van der Waals surface area contributed by atoms with Crippen molar-refractivity contribution < 1.29 is 34.4 Å². The third-order valence-electron chi connectivity index (χ3n) is 2.57. The number of hydrogen-bond donors (Lipinski definition) is 4. The maximum atomic E-state index is 10.4. The van der Waals surface area contributed by atoms with Crippen molar-refractivity contribution >= 4 is 11.9 Å². The Labute approximate surface area is 143 Å². The monoisotopic (exact) mass is 351 g/mol. The molecule has 0 aromatic carbocycles. The molecule has 0 heterocycles. The fraction of sp³-hybridized carbons (Fsp3) is 0.875. The summed E-state index contributed by atoms with van der Waals surface area (Å²) in [6.45, 7) is 14.2. The molecule has 0 aliphatic rings. The fourth-order valence-electron chi connectivity index (χ4n) is 1.65. The molecule has 0 amide bonds. The van der Waals surface area contributed by atoms with Gasteiger partial charge in [0.2, 0.25) is 0 Å². The summed E-state index contributed by atoms with van der Waals surface area (Å²) in [5.41, 5.74) is 4.55. The Balaban J connectivity index is 0. The van der Waals surface area contributed by atoms with Gasteiger partial charge < -0.3 is 30.5 Å². The van der Waals surface area contributed by atoms with Crippen molar-refractivity contribution in [2.75, 3.05) is 0 Å². The average Bonchev–Trinajstić information content (AvgIpc) is 2.33. The molecule has 0 fully saturated rings. The molecule has 0 aliphatic heterocycles. The molecule has 0 bridgehead atoms. The lowest BCUT2D eigenvalue weighted by atomic mass is 10.1. The van der Waals surface area contributed by atoms with Gasteiger partial charge in [0.15, 0.2) is 6.10 Å². The zero-order chi connectivity index (χ0) is 19.9. The number of hydrogen-bond acceptors (Lipinski definition) is 6. The first kappa shape index (κ1) is 25.0. The third-order valence-corrected chi connectivity index (χ3v) is 2.57. The summed E-state index contributed by atoms with van der Waals surface area (Å²) in [7, 11) is 0. The zero-order valence-electron chi connectivity index (χ0n) is 15.9. The minimum atomic E-state index is -1.45. The second kappa shape index (κ2) is 9.93. The van der Waals surface area contributed by atoms with Crippen LogP contribution in [0.5, 0.6) is 0 Å². The van der Waals surface area contributed by atoms with Crippen molar-refractivity contribution in [3.63, 3.8) is 0 Å². The van der Waals surface area contributed by atoms with Crippen LogP contribution in [0.15, 0.2) is 0 Å². The molecule has 0 spiro atoms. The van der Waals surface area contributed by atoms with Gasteiger partial charge >= 0.3 is 11.9 Å². The molecule has 144 valence electrons. The molecular weight excluding hydrogens is 318 g/mol. The van der Waals surface area contributed by atoms with Crippen LogP contribution in [0.2, 0.25) is 0 Å². The molecule has 0 unspecified atom stereocenters. The van der Waals surface area contributed by atoms with E-state index in [1.807, 2.05) is 20.8 Å². The summed E-state index contributed by atoms with van der Waals surface area (Å²) in [5, 5.41) is 26.0. The molecule has 0 rings (SSSR count). The van der Waals surface area contributed by atoms with Crippen molar-refractivity contribution in [2.45, 2.75) is 90.9 Å². The van der Waals surface area contributed by atoms with E-state index in [-0.39, 0.29) is 5.60 Å². The largest absolute Gasteiger partial charge is 0.480 e. The molecule has 0 aliphatic carbocycles. The van der Waals surface area contributed by atoms with Crippen LogP contribution in [0.1, 0.15) is 55.4 Å². The number of nitrogens with two attached hydrogens (primary N) is 1. The van der Waals surface area contributed by atoms with Crippen LogP contribution >= 0.6 is 0 Å². The quantitative estimate of drug-likeness (QED) is 0.560. The lowest BCUT2D eigenvalue weighted by molar-refractivity contribution is -0.162. The molecule has 0 aromatic rings. The molecule has 0 saturated heterocycles. The van der Waals surface area contributed by atoms with Gasteiger partial charge in [-0.1, -0.05) is 0 Å². The van der Waals surface area contributed by atoms with Crippen LogP contribution in [-0.2, 0) is 19.1 Å². The van der Waals surface area contributed by atoms with E-state index in [4.69, 9.17) is 30.5 Å². The van der Waals surface area contributed by atoms with Gasteiger partial charge in [0.1, 0.15) is 6.04 Å². The number of rotatable bonds is 6. The Morgan fingerprint density at radius 3 is 1.42 bits per heavy atom. The predicted octanol–water partition coefficient (Wildman–Crippen LogP) is 1.24. The molecule has 0 saturated carbocycles. The Morgan fingerprint density at radius 1 is 0.833 bits per heavy atom. The number of aliphatic hydroxyl groups is 1. The first-order valence-corrected chi connectivity index (χ1v) is 7.73. The maximum absolute atomic E-state index is 10.4. The Morgan fingerprint density at radius 2 is 1.17 bits per heavy atom. The fourth-order valence-corrected chi connectivity index (χ4v) is 1.65. The minimum Gasteiger partial charge on any atom is -0.480 e. The summed E-state index contributed by atoms with van der Waals surface area (Å²) in [4.78, 5) is 20.7. The Hall–Kier alpha value is -1.22. The molecule has 0 aromatic heterocycles. The van der Waals surface area contributed by atoms with Crippen molar-refractivity contribution in [3.8, 4) is 0 Å². The first-order valence-electron chi connectivity index (χ1n) is 7.73. The van der Waals surface area contributed by atoms with Crippen LogP contribution in [0, 0.1) is 0 Å². The first-order chi connectivity index (χ1) is 10.5. The minimum absolute atomic E-state index is 0.355. The van der Waals surface area contributed by atoms with Crippen LogP contribution in [-0.4, -0.2) is 62.8 Å². The molecule has 4 atom stereocenters. The second-order valence-corrected chi connectivity index (χ2v) is 7.52. The highest BCUT2D eigenvalue weighted by Gasteiger charge is 2.26. The molecule has 8 heteroatoms. The molecular formula is C16H33NO7. The summed E-state index contributed by atoms with van der Waals surface area (Å²) >= 11 is 0. The van der Waals surface area contributed by atoms with E-state index in [2.05, 4.69) is 0 Å². The van der Waals surface area contributed by atoms with Gasteiger partial charge in [0.05, 0.1) is 23.4 Å². The average molecular weight is 351 g/mol. The molecule has 0 radical (unpaired) electrons. The highest BCUT2D eigenvalue weighted by molar-refractivity contribution is 5.73. The van der Waals surface area contributed by atoms with Gasteiger partial charge in [-0.2, -0.15) is 0 Å². The normalized spacial score (nSPS) is 17.1. The standard InChI is InChI=1S/C8H17NO3.C8H16O4/c2*1-5(6(9)7(10)11)12-8(2,3)4/h5-6H,9H2,1-4H3,(H,10,11);5-6,9H,1-4H3,(H,10,11)/t2*5-,6+/m11/s1. The lowest BCUT2D eigenvalue weighted by Crippen LogP contribution is -2.44. The van der Waals surface area contributed by atoms with Gasteiger partial charge in [-0.3, -0.25) is 4.79 Å². The third kappa shape index (κ3) is 13.2. The Bertz CT molecular complexity index is 360. The zero-order valence-corrected chi connectivity index (χ0v) is 15.9. The van der Waals surface area contributed by atoms with E-state index in [1.165, 1.54) is 6.92 Å². The maximum Gasteiger partial charge on any atom is 0.335 e. The molecule has 24 heavy (non-hydrogen) atoms. The predicted molar refractivity (Wildman–Crippen MR) is 89.9 cm³/mol.